The molecule has 0 unspecified atom stereocenters. The van der Waals surface area contributed by atoms with E-state index in [1.807, 2.05) is 26.0 Å². The van der Waals surface area contributed by atoms with E-state index in [-0.39, 0.29) is 25.3 Å². The van der Waals surface area contributed by atoms with Crippen molar-refractivity contribution in [1.82, 2.24) is 15.5 Å². The molecule has 1 aromatic rings. The molecule has 1 aliphatic carbocycles. The van der Waals surface area contributed by atoms with E-state index in [9.17, 15) is 24.0 Å². The van der Waals surface area contributed by atoms with Crippen LogP contribution in [0.1, 0.15) is 90.3 Å². The summed E-state index contributed by atoms with van der Waals surface area (Å²) >= 11 is 0. The van der Waals surface area contributed by atoms with Gasteiger partial charge in [-0.3, -0.25) is 19.2 Å². The predicted octanol–water partition coefficient (Wildman–Crippen LogP) is 3.05. The maximum Gasteiger partial charge on any atom is 0.408 e. The summed E-state index contributed by atoms with van der Waals surface area (Å²) in [5, 5.41) is 9.84. The molecule has 4 amide bonds. The maximum atomic E-state index is 14.4. The van der Waals surface area contributed by atoms with E-state index < -0.39 is 64.3 Å². The number of benzene rings is 1. The van der Waals surface area contributed by atoms with Crippen LogP contribution in [0.15, 0.2) is 17.3 Å². The number of carbonyl (C=O) groups excluding carboxylic acids is 5. The second kappa shape index (κ2) is 13.2. The first-order valence-electron chi connectivity index (χ1n) is 16.1. The number of aryl methyl sites for hydroxylation is 2. The zero-order valence-electron chi connectivity index (χ0n) is 28.9. The molecule has 1 saturated heterocycles. The van der Waals surface area contributed by atoms with Gasteiger partial charge >= 0.3 is 6.09 Å². The van der Waals surface area contributed by atoms with Crippen molar-refractivity contribution in [2.45, 2.75) is 117 Å². The van der Waals surface area contributed by atoms with Gasteiger partial charge in [-0.15, -0.1) is 0 Å². The van der Waals surface area contributed by atoms with Crippen molar-refractivity contribution in [1.29, 1.82) is 0 Å². The molecule has 3 aliphatic rings. The predicted molar refractivity (Wildman–Crippen MR) is 174 cm³/mol. The molecule has 1 aromatic carbocycles. The van der Waals surface area contributed by atoms with Gasteiger partial charge in [0, 0.05) is 18.4 Å². The molecular weight excluding hydrogens is 606 g/mol. The molecule has 4 N–H and O–H groups in total. The van der Waals surface area contributed by atoms with Crippen LogP contribution >= 0.6 is 0 Å². The van der Waals surface area contributed by atoms with Gasteiger partial charge < -0.3 is 35.6 Å². The average Bonchev–Trinajstić information content (AvgIpc) is 3.54. The number of nitrogens with one attached hydrogen (secondary N) is 2. The number of alkyl carbamates (subject to hydrolysis) is 1. The Bertz CT molecular complexity index is 1450. The number of Topliss-reactive ketones (excluding diaryl/α,β-unsaturated/α-hetero) is 1. The number of nitrogens with zero attached hydrogens (tertiary/aromatic N) is 2. The second-order valence-electron chi connectivity index (χ2n) is 15.2. The lowest BCUT2D eigenvalue weighted by Crippen LogP contribution is -2.59. The Morgan fingerprint density at radius 3 is 2.19 bits per heavy atom. The zero-order valence-corrected chi connectivity index (χ0v) is 28.9. The second-order valence-corrected chi connectivity index (χ2v) is 15.2. The van der Waals surface area contributed by atoms with Crippen LogP contribution in [-0.4, -0.2) is 83.2 Å². The lowest BCUT2D eigenvalue weighted by molar-refractivity contribution is -0.143. The Morgan fingerprint density at radius 1 is 1.06 bits per heavy atom. The number of carbonyl (C=O) groups is 5. The van der Waals surface area contributed by atoms with Gasteiger partial charge in [0.25, 0.3) is 5.91 Å². The third-order valence-corrected chi connectivity index (χ3v) is 8.74. The minimum atomic E-state index is -1.14. The molecule has 13 nitrogen and oxygen atoms in total. The van der Waals surface area contributed by atoms with Gasteiger partial charge in [-0.1, -0.05) is 38.8 Å². The summed E-state index contributed by atoms with van der Waals surface area (Å²) in [5.41, 5.74) is 6.02. The van der Waals surface area contributed by atoms with E-state index in [4.69, 9.17) is 20.0 Å². The number of hydrogen-bond donors (Lipinski definition) is 3. The van der Waals surface area contributed by atoms with Gasteiger partial charge in [-0.05, 0) is 75.6 Å². The van der Waals surface area contributed by atoms with Crippen molar-refractivity contribution in [3.63, 3.8) is 0 Å². The quantitative estimate of drug-likeness (QED) is 0.322. The van der Waals surface area contributed by atoms with Crippen LogP contribution in [-0.2, 0) is 28.8 Å². The van der Waals surface area contributed by atoms with Crippen molar-refractivity contribution < 1.29 is 38.3 Å². The number of oxime groups is 1. The van der Waals surface area contributed by atoms with E-state index >= 15 is 0 Å². The maximum absolute atomic E-state index is 14.4. The number of ketones is 1. The fourth-order valence-electron chi connectivity index (χ4n) is 6.32. The van der Waals surface area contributed by atoms with Crippen LogP contribution in [0.5, 0.6) is 5.75 Å². The van der Waals surface area contributed by atoms with Crippen molar-refractivity contribution >= 4 is 35.3 Å². The number of likely N-dealkylation sites (tertiary alicyclic amines) is 1. The highest BCUT2D eigenvalue weighted by atomic mass is 16.7. The standard InChI is InChI=1S/C34H49N5O8/c1-18-12-21(13-19(2)26(18)45-9)23-15-34(47-38-23)16-24(29(42)36-22(14-20-10-11-20)25(40)28(35)41)39(17-34)30(43)27(32(3,4)5)37-31(44)46-33(6,7)8/h12-13,20,22,24,27H,10-11,14-17H2,1-9H3,(H2,35,41)(H,36,42)(H,37,44)/t22-,24-,27+,34+/m0/s1. The van der Waals surface area contributed by atoms with Crippen molar-refractivity contribution in [2.24, 2.45) is 22.2 Å². The van der Waals surface area contributed by atoms with E-state index in [2.05, 4.69) is 15.8 Å². The topological polar surface area (TPSA) is 179 Å². The largest absolute Gasteiger partial charge is 0.496 e. The van der Waals surface area contributed by atoms with Gasteiger partial charge in [0.1, 0.15) is 23.4 Å². The van der Waals surface area contributed by atoms with E-state index in [0.717, 1.165) is 35.3 Å². The fraction of sp³-hybridized carbons (Fsp3) is 0.647. The number of hydrogen-bond acceptors (Lipinski definition) is 9. The van der Waals surface area contributed by atoms with Crippen molar-refractivity contribution in [3.8, 4) is 5.75 Å². The van der Waals surface area contributed by atoms with Crippen LogP contribution in [0.2, 0.25) is 0 Å². The monoisotopic (exact) mass is 655 g/mol. The first-order valence-corrected chi connectivity index (χ1v) is 16.1. The van der Waals surface area contributed by atoms with Crippen LogP contribution in [0.25, 0.3) is 0 Å². The summed E-state index contributed by atoms with van der Waals surface area (Å²) in [6, 6.07) is 0.622. The highest BCUT2D eigenvalue weighted by molar-refractivity contribution is 6.37. The van der Waals surface area contributed by atoms with Crippen LogP contribution in [0, 0.1) is 25.2 Å². The molecule has 0 radical (unpaired) electrons. The summed E-state index contributed by atoms with van der Waals surface area (Å²) in [6.07, 6.45) is 1.65. The normalized spacial score (nSPS) is 22.2. The molecule has 258 valence electrons. The SMILES string of the molecule is COc1c(C)cc(C2=NO[C@]3(C2)C[C@@H](C(=O)N[C@@H](CC2CC2)C(=O)C(N)=O)N(C(=O)[C@@H](NC(=O)OC(C)(C)C)C(C)(C)C)C3)cc1C. The minimum absolute atomic E-state index is 0.00925. The lowest BCUT2D eigenvalue weighted by Gasteiger charge is -2.36. The van der Waals surface area contributed by atoms with Gasteiger partial charge in [-0.2, -0.15) is 0 Å². The minimum Gasteiger partial charge on any atom is -0.496 e. The molecule has 4 rings (SSSR count). The molecular formula is C34H49N5O8. The van der Waals surface area contributed by atoms with Gasteiger partial charge in [-0.25, -0.2) is 4.79 Å². The third kappa shape index (κ3) is 8.41. The molecule has 1 saturated carbocycles. The van der Waals surface area contributed by atoms with Gasteiger partial charge in [0.15, 0.2) is 5.60 Å². The van der Waals surface area contributed by atoms with E-state index in [1.54, 1.807) is 48.7 Å². The van der Waals surface area contributed by atoms with E-state index in [0.29, 0.717) is 12.1 Å². The third-order valence-electron chi connectivity index (χ3n) is 8.74. The number of ether oxygens (including phenoxy) is 2. The molecule has 2 heterocycles. The van der Waals surface area contributed by atoms with Gasteiger partial charge in [0.05, 0.1) is 25.4 Å². The summed E-state index contributed by atoms with van der Waals surface area (Å²) in [4.78, 5) is 73.3. The molecule has 2 aliphatic heterocycles. The molecule has 47 heavy (non-hydrogen) atoms. The summed E-state index contributed by atoms with van der Waals surface area (Å²) in [7, 11) is 1.62. The molecule has 13 heteroatoms. The Labute approximate surface area is 276 Å². The highest BCUT2D eigenvalue weighted by Gasteiger charge is 2.56. The molecule has 2 fully saturated rings. The Balaban J connectivity index is 1.65. The Hall–Kier alpha value is -4.16. The summed E-state index contributed by atoms with van der Waals surface area (Å²) in [6.45, 7) is 14.4. The smallest absolute Gasteiger partial charge is 0.408 e. The Morgan fingerprint density at radius 2 is 1.68 bits per heavy atom. The number of rotatable bonds is 10. The van der Waals surface area contributed by atoms with Crippen LogP contribution < -0.4 is 21.1 Å². The molecule has 0 bridgehead atoms. The van der Waals surface area contributed by atoms with E-state index in [1.165, 1.54) is 4.90 Å². The van der Waals surface area contributed by atoms with Crippen LogP contribution in [0.3, 0.4) is 0 Å². The summed E-state index contributed by atoms with van der Waals surface area (Å²) < 4.78 is 11.0. The molecule has 1 spiro atoms. The Kier molecular flexibility index (Phi) is 9.99. The van der Waals surface area contributed by atoms with Crippen molar-refractivity contribution in [2.75, 3.05) is 13.7 Å². The molecule has 0 aromatic heterocycles. The lowest BCUT2D eigenvalue weighted by atomic mass is 9.85. The zero-order chi connectivity index (χ0) is 35.1. The fourth-order valence-corrected chi connectivity index (χ4v) is 6.32. The van der Waals surface area contributed by atoms with Crippen molar-refractivity contribution in [3.05, 3.63) is 28.8 Å². The number of amides is 4. The average molecular weight is 656 g/mol. The number of nitrogens with two attached hydrogens (primary N) is 1. The number of methoxy groups -OCH3 is 1. The van der Waals surface area contributed by atoms with Gasteiger partial charge in [0.2, 0.25) is 17.6 Å². The number of primary amides is 1. The highest BCUT2D eigenvalue weighted by Crippen LogP contribution is 2.41. The molecule has 4 atom stereocenters. The summed E-state index contributed by atoms with van der Waals surface area (Å²) in [5.74, 6) is -2.19. The first-order chi connectivity index (χ1) is 21.7. The first kappa shape index (κ1) is 35.7. The van der Waals surface area contributed by atoms with Crippen LogP contribution in [0.4, 0.5) is 4.79 Å².